The van der Waals surface area contributed by atoms with Gasteiger partial charge in [0.05, 0.1) is 5.54 Å². The summed E-state index contributed by atoms with van der Waals surface area (Å²) in [4.78, 5) is 24.0. The van der Waals surface area contributed by atoms with Crippen molar-refractivity contribution in [2.24, 2.45) is 5.73 Å². The van der Waals surface area contributed by atoms with Crippen LogP contribution in [-0.4, -0.2) is 53.1 Å². The Morgan fingerprint density at radius 2 is 2.13 bits per heavy atom. The number of nitrogens with two attached hydrogens (primary N) is 1. The largest absolute Gasteiger partial charge is 0.480 e. The van der Waals surface area contributed by atoms with Gasteiger partial charge in [0.2, 0.25) is 5.91 Å². The van der Waals surface area contributed by atoms with E-state index < -0.39 is 17.6 Å². The maximum Gasteiger partial charge on any atom is 0.322 e. The Balaban J connectivity index is 2.64. The molecule has 4 N–H and O–H groups in total. The zero-order chi connectivity index (χ0) is 11.6. The number of carbonyl (C=O) groups excluding carboxylic acids is 1. The minimum atomic E-state index is -0.944. The number of carbonyl (C=O) groups is 2. The van der Waals surface area contributed by atoms with Gasteiger partial charge in [-0.05, 0) is 13.8 Å². The van der Waals surface area contributed by atoms with Crippen molar-refractivity contribution in [2.75, 3.05) is 19.6 Å². The van der Waals surface area contributed by atoms with Crippen LogP contribution in [0.1, 0.15) is 13.8 Å². The van der Waals surface area contributed by atoms with Crippen molar-refractivity contribution in [3.8, 4) is 0 Å². The molecule has 1 aliphatic rings. The third-order valence-corrected chi connectivity index (χ3v) is 2.31. The van der Waals surface area contributed by atoms with E-state index in [0.29, 0.717) is 13.1 Å². The Kier molecular flexibility index (Phi) is 3.31. The highest BCUT2D eigenvalue weighted by Crippen LogP contribution is 2.07. The van der Waals surface area contributed by atoms with Crippen LogP contribution in [0, 0.1) is 0 Å². The van der Waals surface area contributed by atoms with Gasteiger partial charge in [0.1, 0.15) is 6.04 Å². The average Bonchev–Trinajstić information content (AvgIpc) is 2.15. The number of rotatable bonds is 2. The lowest BCUT2D eigenvalue weighted by atomic mass is 10.0. The minimum absolute atomic E-state index is 0.175. The van der Waals surface area contributed by atoms with Crippen LogP contribution in [0.3, 0.4) is 0 Å². The van der Waals surface area contributed by atoms with Crippen molar-refractivity contribution in [3.05, 3.63) is 0 Å². The van der Waals surface area contributed by atoms with Crippen LogP contribution < -0.4 is 11.1 Å². The predicted octanol–water partition coefficient (Wildman–Crippen LogP) is -1.39. The molecule has 1 heterocycles. The number of hydrogen-bond donors (Lipinski definition) is 3. The van der Waals surface area contributed by atoms with E-state index in [4.69, 9.17) is 10.8 Å². The van der Waals surface area contributed by atoms with Gasteiger partial charge in [-0.3, -0.25) is 9.59 Å². The third-order valence-electron chi connectivity index (χ3n) is 2.31. The second kappa shape index (κ2) is 4.16. The number of hydrogen-bond acceptors (Lipinski definition) is 4. The number of amides is 1. The van der Waals surface area contributed by atoms with Gasteiger partial charge >= 0.3 is 5.97 Å². The molecule has 1 fully saturated rings. The van der Waals surface area contributed by atoms with Gasteiger partial charge in [0, 0.05) is 19.6 Å². The van der Waals surface area contributed by atoms with Gasteiger partial charge < -0.3 is 21.1 Å². The predicted molar refractivity (Wildman–Crippen MR) is 54.3 cm³/mol. The first kappa shape index (κ1) is 11.9. The fourth-order valence-electron chi connectivity index (χ4n) is 1.51. The number of aliphatic carboxylic acids is 1. The summed E-state index contributed by atoms with van der Waals surface area (Å²) in [7, 11) is 0. The van der Waals surface area contributed by atoms with Crippen molar-refractivity contribution < 1.29 is 14.7 Å². The van der Waals surface area contributed by atoms with Gasteiger partial charge in [-0.2, -0.15) is 0 Å². The van der Waals surface area contributed by atoms with Crippen LogP contribution >= 0.6 is 0 Å². The molecule has 1 rings (SSSR count). The van der Waals surface area contributed by atoms with Crippen LogP contribution in [0.15, 0.2) is 0 Å². The van der Waals surface area contributed by atoms with E-state index in [1.165, 1.54) is 4.90 Å². The van der Waals surface area contributed by atoms with Crippen LogP contribution in [0.4, 0.5) is 0 Å². The van der Waals surface area contributed by atoms with Crippen molar-refractivity contribution in [2.45, 2.75) is 25.4 Å². The fraction of sp³-hybridized carbons (Fsp3) is 0.778. The Hall–Kier alpha value is -1.14. The molecule has 0 aromatic heterocycles. The van der Waals surface area contributed by atoms with E-state index in [1.807, 2.05) is 0 Å². The highest BCUT2D eigenvalue weighted by atomic mass is 16.4. The Labute approximate surface area is 88.4 Å². The summed E-state index contributed by atoms with van der Waals surface area (Å²) in [6.45, 7) is 4.40. The van der Waals surface area contributed by atoms with Crippen LogP contribution in [-0.2, 0) is 9.59 Å². The Morgan fingerprint density at radius 1 is 1.53 bits per heavy atom. The maximum atomic E-state index is 11.8. The Morgan fingerprint density at radius 3 is 2.60 bits per heavy atom. The van der Waals surface area contributed by atoms with Gasteiger partial charge in [0.15, 0.2) is 0 Å². The SMILES string of the molecule is CC(C)(N)C(=O)N1CCNC(C(=O)O)C1. The summed E-state index contributed by atoms with van der Waals surface area (Å²) in [5.41, 5.74) is 4.73. The lowest BCUT2D eigenvalue weighted by Gasteiger charge is -2.35. The molecule has 15 heavy (non-hydrogen) atoms. The molecule has 0 spiro atoms. The van der Waals surface area contributed by atoms with Crippen molar-refractivity contribution in [3.63, 3.8) is 0 Å². The first-order valence-electron chi connectivity index (χ1n) is 4.87. The number of piperazine rings is 1. The van der Waals surface area contributed by atoms with E-state index in [9.17, 15) is 9.59 Å². The summed E-state index contributed by atoms with van der Waals surface area (Å²) in [5.74, 6) is -1.16. The molecular formula is C9H17N3O3. The summed E-state index contributed by atoms with van der Waals surface area (Å²) >= 11 is 0. The lowest BCUT2D eigenvalue weighted by Crippen LogP contribution is -2.60. The summed E-state index contributed by atoms with van der Waals surface area (Å²) in [6.07, 6.45) is 0. The molecule has 1 unspecified atom stereocenters. The van der Waals surface area contributed by atoms with Crippen LogP contribution in [0.25, 0.3) is 0 Å². The summed E-state index contributed by atoms with van der Waals surface area (Å²) in [6, 6.07) is -0.690. The van der Waals surface area contributed by atoms with Crippen molar-refractivity contribution in [1.29, 1.82) is 0 Å². The number of carboxylic acids is 1. The minimum Gasteiger partial charge on any atom is -0.480 e. The molecule has 1 saturated heterocycles. The fourth-order valence-corrected chi connectivity index (χ4v) is 1.51. The molecule has 1 aliphatic heterocycles. The van der Waals surface area contributed by atoms with E-state index >= 15 is 0 Å². The number of nitrogens with one attached hydrogen (secondary N) is 1. The number of nitrogens with zero attached hydrogens (tertiary/aromatic N) is 1. The van der Waals surface area contributed by atoms with Gasteiger partial charge in [-0.15, -0.1) is 0 Å². The molecule has 6 nitrogen and oxygen atoms in total. The molecule has 0 saturated carbocycles. The Bertz CT molecular complexity index is 272. The standard InChI is InChI=1S/C9H17N3O3/c1-9(2,10)8(15)12-4-3-11-6(5-12)7(13)14/h6,11H,3-5,10H2,1-2H3,(H,13,14). The summed E-state index contributed by atoms with van der Waals surface area (Å²) < 4.78 is 0. The second-order valence-corrected chi connectivity index (χ2v) is 4.32. The van der Waals surface area contributed by atoms with Gasteiger partial charge in [0.25, 0.3) is 0 Å². The van der Waals surface area contributed by atoms with E-state index in [0.717, 1.165) is 0 Å². The monoisotopic (exact) mass is 215 g/mol. The quantitative estimate of drug-likeness (QED) is 0.527. The molecule has 0 aromatic carbocycles. The molecule has 86 valence electrons. The van der Waals surface area contributed by atoms with E-state index in [-0.39, 0.29) is 12.5 Å². The smallest absolute Gasteiger partial charge is 0.322 e. The van der Waals surface area contributed by atoms with Crippen molar-refractivity contribution in [1.82, 2.24) is 10.2 Å². The molecule has 0 bridgehead atoms. The molecule has 0 aromatic rings. The third kappa shape index (κ3) is 2.90. The normalized spacial score (nSPS) is 22.6. The molecule has 1 amide bonds. The van der Waals surface area contributed by atoms with Crippen molar-refractivity contribution >= 4 is 11.9 Å². The molecule has 6 heteroatoms. The van der Waals surface area contributed by atoms with E-state index in [1.54, 1.807) is 13.8 Å². The average molecular weight is 215 g/mol. The molecular weight excluding hydrogens is 198 g/mol. The zero-order valence-electron chi connectivity index (χ0n) is 8.99. The second-order valence-electron chi connectivity index (χ2n) is 4.32. The highest BCUT2D eigenvalue weighted by Gasteiger charge is 2.33. The first-order chi connectivity index (χ1) is 6.82. The van der Waals surface area contributed by atoms with Gasteiger partial charge in [-0.1, -0.05) is 0 Å². The topological polar surface area (TPSA) is 95.7 Å². The molecule has 0 radical (unpaired) electrons. The van der Waals surface area contributed by atoms with E-state index in [2.05, 4.69) is 5.32 Å². The molecule has 0 aliphatic carbocycles. The van der Waals surface area contributed by atoms with Crippen LogP contribution in [0.5, 0.6) is 0 Å². The maximum absolute atomic E-state index is 11.8. The first-order valence-corrected chi connectivity index (χ1v) is 4.87. The zero-order valence-corrected chi connectivity index (χ0v) is 8.99. The molecule has 1 atom stereocenters. The lowest BCUT2D eigenvalue weighted by molar-refractivity contribution is -0.144. The summed E-state index contributed by atoms with van der Waals surface area (Å²) in [5, 5.41) is 11.6. The highest BCUT2D eigenvalue weighted by molar-refractivity contribution is 5.86. The number of carboxylic acid groups (broad SMARTS) is 1. The van der Waals surface area contributed by atoms with Gasteiger partial charge in [-0.25, -0.2) is 0 Å². The van der Waals surface area contributed by atoms with Crippen LogP contribution in [0.2, 0.25) is 0 Å².